The van der Waals surface area contributed by atoms with Crippen molar-refractivity contribution in [1.29, 1.82) is 0 Å². The van der Waals surface area contributed by atoms with Crippen molar-refractivity contribution in [3.8, 4) is 0 Å². The van der Waals surface area contributed by atoms with Crippen LogP contribution in [-0.2, 0) is 19.4 Å². The van der Waals surface area contributed by atoms with Crippen molar-refractivity contribution < 1.29 is 4.42 Å². The van der Waals surface area contributed by atoms with Crippen LogP contribution >= 0.6 is 22.9 Å². The molecule has 102 valence electrons. The Morgan fingerprint density at radius 2 is 2.30 bits per heavy atom. The Hall–Kier alpha value is -1.59. The molecule has 1 aliphatic carbocycles. The van der Waals surface area contributed by atoms with Crippen molar-refractivity contribution in [3.63, 3.8) is 0 Å². The Morgan fingerprint density at radius 1 is 1.35 bits per heavy atom. The molecule has 0 aromatic carbocycles. The van der Waals surface area contributed by atoms with Crippen molar-refractivity contribution >= 4 is 39.1 Å². The molecule has 4 rings (SSSR count). The summed E-state index contributed by atoms with van der Waals surface area (Å²) in [5.74, 6) is 1.40. The Labute approximate surface area is 124 Å². The number of nitrogens with zero attached hydrogens (tertiary/aromatic N) is 2. The van der Waals surface area contributed by atoms with Crippen LogP contribution in [-0.4, -0.2) is 9.97 Å². The lowest BCUT2D eigenvalue weighted by molar-refractivity contribution is 0.517. The van der Waals surface area contributed by atoms with Gasteiger partial charge >= 0.3 is 0 Å². The van der Waals surface area contributed by atoms with E-state index in [1.165, 1.54) is 16.9 Å². The SMILES string of the molecule is Clc1nc(NCc2ccco2)nc2sc3c(c12)CCC3. The molecule has 3 heterocycles. The second-order valence-corrected chi connectivity index (χ2v) is 6.25. The molecule has 0 unspecified atom stereocenters. The first kappa shape index (κ1) is 12.2. The van der Waals surface area contributed by atoms with Crippen molar-refractivity contribution in [2.24, 2.45) is 0 Å². The zero-order valence-corrected chi connectivity index (χ0v) is 12.2. The minimum absolute atomic E-state index is 0.552. The van der Waals surface area contributed by atoms with Gasteiger partial charge in [0.2, 0.25) is 5.95 Å². The van der Waals surface area contributed by atoms with Gasteiger partial charge in [-0.25, -0.2) is 9.97 Å². The molecule has 1 aliphatic rings. The van der Waals surface area contributed by atoms with Gasteiger partial charge in [0.25, 0.3) is 0 Å². The number of hydrogen-bond acceptors (Lipinski definition) is 5. The van der Waals surface area contributed by atoms with E-state index in [4.69, 9.17) is 16.0 Å². The van der Waals surface area contributed by atoms with Crippen molar-refractivity contribution in [1.82, 2.24) is 9.97 Å². The quantitative estimate of drug-likeness (QED) is 0.742. The average molecular weight is 306 g/mol. The lowest BCUT2D eigenvalue weighted by Crippen LogP contribution is -2.03. The van der Waals surface area contributed by atoms with Crippen LogP contribution in [0.2, 0.25) is 5.15 Å². The lowest BCUT2D eigenvalue weighted by Gasteiger charge is -2.04. The first-order chi connectivity index (χ1) is 9.81. The predicted molar refractivity (Wildman–Crippen MR) is 80.5 cm³/mol. The number of fused-ring (bicyclic) bond motifs is 3. The van der Waals surface area contributed by atoms with Gasteiger partial charge in [-0.05, 0) is 37.0 Å². The Bertz CT molecular complexity index is 766. The summed E-state index contributed by atoms with van der Waals surface area (Å²) in [5.41, 5.74) is 1.35. The topological polar surface area (TPSA) is 51.0 Å². The van der Waals surface area contributed by atoms with Gasteiger partial charge in [-0.2, -0.15) is 0 Å². The minimum atomic E-state index is 0.552. The van der Waals surface area contributed by atoms with E-state index in [2.05, 4.69) is 15.3 Å². The molecule has 0 aliphatic heterocycles. The summed E-state index contributed by atoms with van der Waals surface area (Å²) >= 11 is 8.08. The summed E-state index contributed by atoms with van der Waals surface area (Å²) in [5, 5.41) is 4.75. The van der Waals surface area contributed by atoms with Gasteiger partial charge in [-0.15, -0.1) is 11.3 Å². The van der Waals surface area contributed by atoms with Crippen LogP contribution in [0.4, 0.5) is 5.95 Å². The number of anilines is 1. The fourth-order valence-electron chi connectivity index (χ4n) is 2.61. The molecule has 0 saturated carbocycles. The first-order valence-electron chi connectivity index (χ1n) is 6.55. The molecule has 4 nitrogen and oxygen atoms in total. The molecule has 0 atom stereocenters. The standard InChI is InChI=1S/C14H12ClN3OS/c15-12-11-9-4-1-5-10(9)20-13(11)18-14(17-12)16-7-8-3-2-6-19-8/h2-3,6H,1,4-5,7H2,(H,16,17,18). The van der Waals surface area contributed by atoms with Gasteiger partial charge in [-0.3, -0.25) is 0 Å². The smallest absolute Gasteiger partial charge is 0.225 e. The second kappa shape index (κ2) is 4.75. The molecule has 0 radical (unpaired) electrons. The second-order valence-electron chi connectivity index (χ2n) is 4.81. The summed E-state index contributed by atoms with van der Waals surface area (Å²) in [4.78, 5) is 11.3. The Kier molecular flexibility index (Phi) is 2.89. The van der Waals surface area contributed by atoms with Gasteiger partial charge in [0, 0.05) is 4.88 Å². The predicted octanol–water partition coefficient (Wildman–Crippen LogP) is 4.04. The lowest BCUT2D eigenvalue weighted by atomic mass is 10.2. The van der Waals surface area contributed by atoms with E-state index in [9.17, 15) is 0 Å². The van der Waals surface area contributed by atoms with Crippen LogP contribution in [0.5, 0.6) is 0 Å². The number of hydrogen-bond donors (Lipinski definition) is 1. The number of nitrogens with one attached hydrogen (secondary N) is 1. The molecule has 1 N–H and O–H groups in total. The molecule has 0 saturated heterocycles. The molecule has 3 aromatic heterocycles. The highest BCUT2D eigenvalue weighted by Gasteiger charge is 2.21. The summed E-state index contributed by atoms with van der Waals surface area (Å²) in [7, 11) is 0. The van der Waals surface area contributed by atoms with Crippen molar-refractivity contribution in [2.45, 2.75) is 25.8 Å². The number of furan rings is 1. The maximum absolute atomic E-state index is 6.34. The van der Waals surface area contributed by atoms with Gasteiger partial charge in [0.1, 0.15) is 15.7 Å². The van der Waals surface area contributed by atoms with E-state index < -0.39 is 0 Å². The number of aryl methyl sites for hydroxylation is 2. The molecular formula is C14H12ClN3OS. The fourth-order valence-corrected chi connectivity index (χ4v) is 4.21. The van der Waals surface area contributed by atoms with Crippen LogP contribution in [0.15, 0.2) is 22.8 Å². The molecule has 0 amide bonds. The van der Waals surface area contributed by atoms with Gasteiger partial charge in [0.15, 0.2) is 0 Å². The third kappa shape index (κ3) is 1.98. The van der Waals surface area contributed by atoms with E-state index in [1.807, 2.05) is 12.1 Å². The Morgan fingerprint density at radius 3 is 3.15 bits per heavy atom. The first-order valence-corrected chi connectivity index (χ1v) is 7.75. The summed E-state index contributed by atoms with van der Waals surface area (Å²) in [6.45, 7) is 0.555. The normalized spacial score (nSPS) is 13.8. The monoisotopic (exact) mass is 305 g/mol. The van der Waals surface area contributed by atoms with E-state index in [1.54, 1.807) is 17.6 Å². The highest BCUT2D eigenvalue weighted by Crippen LogP contribution is 2.39. The maximum Gasteiger partial charge on any atom is 0.225 e. The zero-order valence-electron chi connectivity index (χ0n) is 10.6. The number of thiophene rings is 1. The van der Waals surface area contributed by atoms with Crippen molar-refractivity contribution in [3.05, 3.63) is 39.7 Å². The largest absolute Gasteiger partial charge is 0.467 e. The van der Waals surface area contributed by atoms with Crippen molar-refractivity contribution in [2.75, 3.05) is 5.32 Å². The van der Waals surface area contributed by atoms with Crippen LogP contribution < -0.4 is 5.32 Å². The number of rotatable bonds is 3. The molecule has 6 heteroatoms. The highest BCUT2D eigenvalue weighted by atomic mass is 35.5. The zero-order chi connectivity index (χ0) is 13.5. The van der Waals surface area contributed by atoms with E-state index >= 15 is 0 Å². The van der Waals surface area contributed by atoms with Crippen LogP contribution in [0, 0.1) is 0 Å². The Balaban J connectivity index is 1.68. The fraction of sp³-hybridized carbons (Fsp3) is 0.286. The molecule has 0 bridgehead atoms. The molecule has 20 heavy (non-hydrogen) atoms. The maximum atomic E-state index is 6.34. The summed E-state index contributed by atoms with van der Waals surface area (Å²) < 4.78 is 5.27. The molecular weight excluding hydrogens is 294 g/mol. The third-order valence-electron chi connectivity index (χ3n) is 3.52. The summed E-state index contributed by atoms with van der Waals surface area (Å²) in [6, 6.07) is 3.77. The van der Waals surface area contributed by atoms with Gasteiger partial charge in [-0.1, -0.05) is 11.6 Å². The van der Waals surface area contributed by atoms with Gasteiger partial charge < -0.3 is 9.73 Å². The number of aromatic nitrogens is 2. The highest BCUT2D eigenvalue weighted by molar-refractivity contribution is 7.19. The average Bonchev–Trinajstić information content (AvgIpc) is 3.12. The third-order valence-corrected chi connectivity index (χ3v) is 4.98. The minimum Gasteiger partial charge on any atom is -0.467 e. The van der Waals surface area contributed by atoms with E-state index in [0.717, 1.165) is 28.8 Å². The molecule has 0 fully saturated rings. The summed E-state index contributed by atoms with van der Waals surface area (Å²) in [6.07, 6.45) is 5.10. The van der Waals surface area contributed by atoms with E-state index in [0.29, 0.717) is 17.6 Å². The molecule has 3 aromatic rings. The van der Waals surface area contributed by atoms with Crippen LogP contribution in [0.25, 0.3) is 10.2 Å². The number of halogens is 1. The van der Waals surface area contributed by atoms with E-state index in [-0.39, 0.29) is 0 Å². The van der Waals surface area contributed by atoms with Crippen LogP contribution in [0.1, 0.15) is 22.6 Å². The van der Waals surface area contributed by atoms with Gasteiger partial charge in [0.05, 0.1) is 18.2 Å². The molecule has 0 spiro atoms. The van der Waals surface area contributed by atoms with Crippen LogP contribution in [0.3, 0.4) is 0 Å².